The molecule has 0 spiro atoms. The molecule has 144 valence electrons. The molecular formula is C22H24N4OS. The maximum atomic E-state index is 12.5. The van der Waals surface area contributed by atoms with Crippen LogP contribution in [0.5, 0.6) is 0 Å². The zero-order valence-corrected chi connectivity index (χ0v) is 16.8. The summed E-state index contributed by atoms with van der Waals surface area (Å²) in [6, 6.07) is 20.5. The highest BCUT2D eigenvalue weighted by molar-refractivity contribution is 7.19. The molecule has 1 amide bonds. The summed E-state index contributed by atoms with van der Waals surface area (Å²) in [5.74, 6) is 0.130. The minimum absolute atomic E-state index is 0.130. The minimum Gasteiger partial charge on any atom is -0.352 e. The second-order valence-electron chi connectivity index (χ2n) is 6.97. The van der Waals surface area contributed by atoms with Crippen LogP contribution in [-0.2, 0) is 4.79 Å². The number of nitrogens with zero attached hydrogens (tertiary/aromatic N) is 3. The third-order valence-electron chi connectivity index (χ3n) is 4.96. The zero-order chi connectivity index (χ0) is 19.3. The lowest BCUT2D eigenvalue weighted by molar-refractivity contribution is -0.130. The first-order chi connectivity index (χ1) is 13.7. The Kier molecular flexibility index (Phi) is 5.69. The minimum atomic E-state index is 0.130. The summed E-state index contributed by atoms with van der Waals surface area (Å²) < 4.78 is 0. The molecule has 1 aromatic heterocycles. The van der Waals surface area contributed by atoms with Crippen molar-refractivity contribution in [2.75, 3.05) is 45.1 Å². The number of piperazine rings is 1. The molecule has 1 aliphatic heterocycles. The van der Waals surface area contributed by atoms with Gasteiger partial charge in [0, 0.05) is 31.7 Å². The summed E-state index contributed by atoms with van der Waals surface area (Å²) in [5.41, 5.74) is 3.17. The van der Waals surface area contributed by atoms with Crippen LogP contribution in [0, 0.1) is 0 Å². The molecule has 28 heavy (non-hydrogen) atoms. The van der Waals surface area contributed by atoms with Crippen LogP contribution in [-0.4, -0.2) is 60.5 Å². The van der Waals surface area contributed by atoms with Crippen molar-refractivity contribution in [3.05, 3.63) is 60.7 Å². The molecule has 1 fully saturated rings. The van der Waals surface area contributed by atoms with E-state index < -0.39 is 0 Å². The van der Waals surface area contributed by atoms with Gasteiger partial charge in [0.1, 0.15) is 0 Å². The predicted molar refractivity (Wildman–Crippen MR) is 116 cm³/mol. The summed E-state index contributed by atoms with van der Waals surface area (Å²) in [6.07, 6.45) is 0. The fraction of sp³-hybridized carbons (Fsp3) is 0.273. The van der Waals surface area contributed by atoms with Crippen molar-refractivity contribution in [1.82, 2.24) is 14.8 Å². The Morgan fingerprint density at radius 1 is 0.964 bits per heavy atom. The topological polar surface area (TPSA) is 48.5 Å². The van der Waals surface area contributed by atoms with Gasteiger partial charge in [-0.15, -0.1) is 0 Å². The SMILES string of the molecule is CN1CCN(C(=O)CNc2nc(-c3ccccc3)c(-c3ccccc3)s2)CC1. The van der Waals surface area contributed by atoms with Gasteiger partial charge in [0.2, 0.25) is 5.91 Å². The van der Waals surface area contributed by atoms with Crippen LogP contribution in [0.15, 0.2) is 60.7 Å². The Hall–Kier alpha value is -2.70. The van der Waals surface area contributed by atoms with Gasteiger partial charge in [0.25, 0.3) is 0 Å². The summed E-state index contributed by atoms with van der Waals surface area (Å²) in [5, 5.41) is 4.03. The van der Waals surface area contributed by atoms with E-state index in [0.717, 1.165) is 53.0 Å². The van der Waals surface area contributed by atoms with Gasteiger partial charge in [-0.1, -0.05) is 72.0 Å². The standard InChI is InChI=1S/C22H24N4OS/c1-25-12-14-26(15-13-25)19(27)16-23-22-24-20(17-8-4-2-5-9-17)21(28-22)18-10-6-3-7-11-18/h2-11H,12-16H2,1H3,(H,23,24). The van der Waals surface area contributed by atoms with Crippen LogP contribution in [0.25, 0.3) is 21.7 Å². The van der Waals surface area contributed by atoms with Gasteiger partial charge >= 0.3 is 0 Å². The molecule has 1 saturated heterocycles. The number of thiazole rings is 1. The van der Waals surface area contributed by atoms with Crippen molar-refractivity contribution in [1.29, 1.82) is 0 Å². The molecule has 2 aromatic carbocycles. The van der Waals surface area contributed by atoms with Crippen molar-refractivity contribution in [2.24, 2.45) is 0 Å². The molecule has 5 nitrogen and oxygen atoms in total. The molecule has 0 atom stereocenters. The van der Waals surface area contributed by atoms with Gasteiger partial charge in [0.05, 0.1) is 17.1 Å². The van der Waals surface area contributed by atoms with E-state index in [-0.39, 0.29) is 12.5 Å². The van der Waals surface area contributed by atoms with E-state index in [0.29, 0.717) is 0 Å². The van der Waals surface area contributed by atoms with E-state index in [1.807, 2.05) is 41.3 Å². The van der Waals surface area contributed by atoms with Crippen LogP contribution < -0.4 is 5.32 Å². The van der Waals surface area contributed by atoms with Gasteiger partial charge in [0.15, 0.2) is 5.13 Å². The van der Waals surface area contributed by atoms with E-state index in [4.69, 9.17) is 4.98 Å². The molecule has 1 aliphatic rings. The molecular weight excluding hydrogens is 368 g/mol. The Labute approximate surface area is 169 Å². The number of carbonyl (C=O) groups excluding carboxylic acids is 1. The third kappa shape index (κ3) is 4.24. The average molecular weight is 393 g/mol. The van der Waals surface area contributed by atoms with Crippen LogP contribution >= 0.6 is 11.3 Å². The number of hydrogen-bond acceptors (Lipinski definition) is 5. The molecule has 0 aliphatic carbocycles. The number of amides is 1. The first-order valence-electron chi connectivity index (χ1n) is 9.52. The number of benzene rings is 2. The molecule has 1 N–H and O–H groups in total. The molecule has 0 radical (unpaired) electrons. The fourth-order valence-corrected chi connectivity index (χ4v) is 4.28. The van der Waals surface area contributed by atoms with E-state index in [1.165, 1.54) is 0 Å². The van der Waals surface area contributed by atoms with Crippen LogP contribution in [0.1, 0.15) is 0 Å². The van der Waals surface area contributed by atoms with E-state index >= 15 is 0 Å². The number of rotatable bonds is 5. The maximum absolute atomic E-state index is 12.5. The van der Waals surface area contributed by atoms with Gasteiger partial charge in [-0.25, -0.2) is 4.98 Å². The highest BCUT2D eigenvalue weighted by Gasteiger charge is 2.20. The van der Waals surface area contributed by atoms with Crippen molar-refractivity contribution in [3.63, 3.8) is 0 Å². The second kappa shape index (κ2) is 8.54. The first kappa shape index (κ1) is 18.7. The largest absolute Gasteiger partial charge is 0.352 e. The number of likely N-dealkylation sites (N-methyl/N-ethyl adjacent to an activating group) is 1. The normalized spacial score (nSPS) is 14.8. The van der Waals surface area contributed by atoms with Crippen LogP contribution in [0.2, 0.25) is 0 Å². The Balaban J connectivity index is 1.53. The summed E-state index contributed by atoms with van der Waals surface area (Å²) in [7, 11) is 2.09. The van der Waals surface area contributed by atoms with Crippen molar-refractivity contribution < 1.29 is 4.79 Å². The highest BCUT2D eigenvalue weighted by Crippen LogP contribution is 2.38. The Bertz CT molecular complexity index is 861. The van der Waals surface area contributed by atoms with Crippen molar-refractivity contribution in [2.45, 2.75) is 0 Å². The van der Waals surface area contributed by atoms with Gasteiger partial charge in [-0.05, 0) is 12.6 Å². The molecule has 0 unspecified atom stereocenters. The molecule has 0 bridgehead atoms. The van der Waals surface area contributed by atoms with E-state index in [2.05, 4.69) is 41.5 Å². The lowest BCUT2D eigenvalue weighted by Gasteiger charge is -2.32. The summed E-state index contributed by atoms with van der Waals surface area (Å²) >= 11 is 1.60. The quantitative estimate of drug-likeness (QED) is 0.720. The predicted octanol–water partition coefficient (Wildman–Crippen LogP) is 3.66. The monoisotopic (exact) mass is 392 g/mol. The smallest absolute Gasteiger partial charge is 0.242 e. The fourth-order valence-electron chi connectivity index (χ4n) is 3.29. The number of hydrogen-bond donors (Lipinski definition) is 1. The average Bonchev–Trinajstić information content (AvgIpc) is 3.18. The lowest BCUT2D eigenvalue weighted by Crippen LogP contribution is -2.48. The molecule has 0 saturated carbocycles. The third-order valence-corrected chi connectivity index (χ3v) is 6.02. The van der Waals surface area contributed by atoms with Crippen LogP contribution in [0.4, 0.5) is 5.13 Å². The Morgan fingerprint density at radius 3 is 2.21 bits per heavy atom. The Morgan fingerprint density at radius 2 is 1.57 bits per heavy atom. The molecule has 2 heterocycles. The first-order valence-corrected chi connectivity index (χ1v) is 10.3. The van der Waals surface area contributed by atoms with Crippen molar-refractivity contribution in [3.8, 4) is 21.7 Å². The number of anilines is 1. The van der Waals surface area contributed by atoms with E-state index in [9.17, 15) is 4.79 Å². The molecule has 4 rings (SSSR count). The lowest BCUT2D eigenvalue weighted by atomic mass is 10.1. The van der Waals surface area contributed by atoms with Gasteiger partial charge in [-0.3, -0.25) is 4.79 Å². The van der Waals surface area contributed by atoms with Crippen LogP contribution in [0.3, 0.4) is 0 Å². The van der Waals surface area contributed by atoms with Gasteiger partial charge in [-0.2, -0.15) is 0 Å². The van der Waals surface area contributed by atoms with E-state index in [1.54, 1.807) is 11.3 Å². The summed E-state index contributed by atoms with van der Waals surface area (Å²) in [6.45, 7) is 3.72. The number of nitrogens with one attached hydrogen (secondary N) is 1. The number of aromatic nitrogens is 1. The zero-order valence-electron chi connectivity index (χ0n) is 16.0. The summed E-state index contributed by atoms with van der Waals surface area (Å²) in [4.78, 5) is 22.6. The van der Waals surface area contributed by atoms with Crippen molar-refractivity contribution >= 4 is 22.4 Å². The number of carbonyl (C=O) groups is 1. The molecule has 6 heteroatoms. The second-order valence-corrected chi connectivity index (χ2v) is 7.97. The van der Waals surface area contributed by atoms with Gasteiger partial charge < -0.3 is 15.1 Å². The molecule has 3 aromatic rings. The highest BCUT2D eigenvalue weighted by atomic mass is 32.1. The maximum Gasteiger partial charge on any atom is 0.242 e.